The molecular weight excluding hydrogens is 883 g/mol. The lowest BCUT2D eigenvalue weighted by Gasteiger charge is -2.39. The van der Waals surface area contributed by atoms with Crippen molar-refractivity contribution >= 4 is 45.1 Å². The van der Waals surface area contributed by atoms with Gasteiger partial charge in [-0.05, 0) is 71.6 Å². The summed E-state index contributed by atoms with van der Waals surface area (Å²) >= 11 is 8.80. The van der Waals surface area contributed by atoms with E-state index in [4.69, 9.17) is 35.5 Å². The maximum Gasteiger partial charge on any atom is 0.345 e. The number of ether oxygens (including phenoxy) is 4. The summed E-state index contributed by atoms with van der Waals surface area (Å²) < 4.78 is 39.2. The van der Waals surface area contributed by atoms with Crippen molar-refractivity contribution in [3.63, 3.8) is 0 Å². The fourth-order valence-electron chi connectivity index (χ4n) is 9.42. The Bertz CT molecular complexity index is 2730. The maximum atomic E-state index is 14.3. The summed E-state index contributed by atoms with van der Waals surface area (Å²) in [5.74, 6) is -0.282. The number of morpholine rings is 1. The van der Waals surface area contributed by atoms with Crippen molar-refractivity contribution < 1.29 is 33.2 Å². The van der Waals surface area contributed by atoms with E-state index in [0.717, 1.165) is 83.9 Å². The van der Waals surface area contributed by atoms with Crippen molar-refractivity contribution in [2.75, 3.05) is 84.1 Å². The summed E-state index contributed by atoms with van der Waals surface area (Å²) in [6.07, 6.45) is 2.55. The standard InChI is InChI=1S/C49H52ClFN8O6S/c1-31-38-9-6-34(43(31)50)26-58(19-18-57-16-14-56(2)15-17-57)25-32-3-10-39(63-27-37-11-13-52-48(55-37)59-20-22-64-49(28-59)12-21-62-29-49)35(23-32)24-40(47(60)61)65-45-42-41(38)44(66-46(42)54-30-53-45)33-4-7-36(51)8-5-33/h3-11,13,23,30,40H,12,14-22,24-29H2,1-2H3,(H,60,61)/t40-,49?/m1/s1. The molecule has 3 saturated heterocycles. The Kier molecular flexibility index (Phi) is 12.9. The van der Waals surface area contributed by atoms with E-state index >= 15 is 0 Å². The first kappa shape index (κ1) is 44.5. The third kappa shape index (κ3) is 9.45. The van der Waals surface area contributed by atoms with Crippen LogP contribution < -0.4 is 14.4 Å². The van der Waals surface area contributed by atoms with Gasteiger partial charge in [0.05, 0.1) is 30.8 Å². The Morgan fingerprint density at radius 1 is 0.970 bits per heavy atom. The molecule has 17 heteroatoms. The minimum absolute atomic E-state index is 0.0266. The van der Waals surface area contributed by atoms with Crippen LogP contribution in [0.4, 0.5) is 10.3 Å². The van der Waals surface area contributed by atoms with Crippen molar-refractivity contribution in [3.05, 3.63) is 112 Å². The number of aliphatic carboxylic acids is 1. The molecule has 0 amide bonds. The lowest BCUT2D eigenvalue weighted by atomic mass is 9.94. The molecule has 3 aromatic carbocycles. The molecule has 0 saturated carbocycles. The number of benzene rings is 3. The summed E-state index contributed by atoms with van der Waals surface area (Å²) in [5, 5.41) is 12.1. The van der Waals surface area contributed by atoms with Gasteiger partial charge in [0.1, 0.15) is 34.9 Å². The van der Waals surface area contributed by atoms with E-state index in [1.54, 1.807) is 18.3 Å². The number of nitrogens with zero attached hydrogens (tertiary/aromatic N) is 8. The average Bonchev–Trinajstić information content (AvgIpc) is 3.94. The molecule has 0 aliphatic carbocycles. The molecule has 5 aliphatic rings. The van der Waals surface area contributed by atoms with Gasteiger partial charge >= 0.3 is 5.97 Å². The number of carboxylic acids is 1. The van der Waals surface area contributed by atoms with Gasteiger partial charge in [-0.1, -0.05) is 48.0 Å². The Labute approximate surface area is 391 Å². The molecule has 2 atom stereocenters. The number of halogens is 2. The van der Waals surface area contributed by atoms with E-state index in [1.165, 1.54) is 29.8 Å². The number of piperazine rings is 1. The summed E-state index contributed by atoms with van der Waals surface area (Å²) in [7, 11) is 2.16. The van der Waals surface area contributed by atoms with E-state index in [9.17, 15) is 14.3 Å². The molecule has 8 heterocycles. The molecule has 11 rings (SSSR count). The molecule has 6 aromatic rings. The highest BCUT2D eigenvalue weighted by atomic mass is 35.5. The lowest BCUT2D eigenvalue weighted by molar-refractivity contribution is -0.145. The van der Waals surface area contributed by atoms with Gasteiger partial charge in [0.25, 0.3) is 0 Å². The van der Waals surface area contributed by atoms with Crippen LogP contribution in [0, 0.1) is 12.7 Å². The SMILES string of the molecule is Cc1c2ccc(c1Cl)CN(CCN1CCN(C)CC1)Cc1ccc(OCc3ccnc(N4CCOC5(CCOC5)C4)n3)c(c1)C[C@H](C(=O)O)Oc1ncnc3sc(-c4ccc(F)cc4)c-2c13. The number of thiophene rings is 1. The molecule has 3 fully saturated rings. The fraction of sp³-hybridized carbons (Fsp3) is 0.408. The number of hydrogen-bond donors (Lipinski definition) is 1. The van der Waals surface area contributed by atoms with Crippen LogP contribution in [-0.4, -0.2) is 137 Å². The monoisotopic (exact) mass is 934 g/mol. The third-order valence-corrected chi connectivity index (χ3v) is 14.8. The van der Waals surface area contributed by atoms with Gasteiger partial charge in [-0.15, -0.1) is 11.3 Å². The lowest BCUT2D eigenvalue weighted by Crippen LogP contribution is -2.53. The van der Waals surface area contributed by atoms with Crippen LogP contribution in [-0.2, 0) is 40.4 Å². The van der Waals surface area contributed by atoms with Gasteiger partial charge in [0.15, 0.2) is 0 Å². The zero-order valence-corrected chi connectivity index (χ0v) is 38.6. The van der Waals surface area contributed by atoms with Crippen LogP contribution in [0.3, 0.4) is 0 Å². The number of carboxylic acid groups (broad SMARTS) is 1. The predicted octanol–water partition coefficient (Wildman–Crippen LogP) is 7.13. The Balaban J connectivity index is 1.03. The van der Waals surface area contributed by atoms with E-state index in [1.807, 2.05) is 31.2 Å². The summed E-state index contributed by atoms with van der Waals surface area (Å²) in [6, 6.07) is 18.3. The third-order valence-electron chi connectivity index (χ3n) is 13.2. The molecule has 14 nitrogen and oxygen atoms in total. The van der Waals surface area contributed by atoms with Crippen LogP contribution in [0.1, 0.15) is 34.4 Å². The Hall–Kier alpha value is -5.33. The van der Waals surface area contributed by atoms with Crippen LogP contribution in [0.2, 0.25) is 5.02 Å². The quantitative estimate of drug-likeness (QED) is 0.157. The van der Waals surface area contributed by atoms with Gasteiger partial charge in [-0.2, -0.15) is 0 Å². The molecule has 344 valence electrons. The average molecular weight is 936 g/mol. The maximum absolute atomic E-state index is 14.3. The Morgan fingerprint density at radius 2 is 1.80 bits per heavy atom. The molecule has 1 unspecified atom stereocenters. The van der Waals surface area contributed by atoms with Crippen molar-refractivity contribution in [2.24, 2.45) is 0 Å². The first-order valence-electron chi connectivity index (χ1n) is 22.5. The van der Waals surface area contributed by atoms with Crippen molar-refractivity contribution in [1.82, 2.24) is 34.6 Å². The molecule has 0 radical (unpaired) electrons. The van der Waals surface area contributed by atoms with Crippen LogP contribution in [0.15, 0.2) is 73.2 Å². The number of fused-ring (bicyclic) bond motifs is 6. The zero-order valence-electron chi connectivity index (χ0n) is 37.0. The summed E-state index contributed by atoms with van der Waals surface area (Å²) in [4.78, 5) is 42.9. The largest absolute Gasteiger partial charge is 0.487 e. The number of carbonyl (C=O) groups is 1. The number of likely N-dealkylation sites (N-methyl/N-ethyl adjacent to an activating group) is 1. The first-order chi connectivity index (χ1) is 32.1. The van der Waals surface area contributed by atoms with Crippen LogP contribution in [0.25, 0.3) is 31.8 Å². The highest BCUT2D eigenvalue weighted by Crippen LogP contribution is 2.49. The summed E-state index contributed by atoms with van der Waals surface area (Å²) in [5.41, 5.74) is 6.15. The van der Waals surface area contributed by atoms with E-state index in [0.29, 0.717) is 84.2 Å². The molecule has 3 aromatic heterocycles. The summed E-state index contributed by atoms with van der Waals surface area (Å²) in [6.45, 7) is 12.1. The van der Waals surface area contributed by atoms with Gasteiger partial charge in [-0.3, -0.25) is 9.80 Å². The second-order valence-electron chi connectivity index (χ2n) is 17.7. The number of anilines is 1. The van der Waals surface area contributed by atoms with Gasteiger partial charge < -0.3 is 33.9 Å². The van der Waals surface area contributed by atoms with Crippen molar-refractivity contribution in [2.45, 2.75) is 51.2 Å². The van der Waals surface area contributed by atoms with E-state index in [2.05, 4.69) is 53.7 Å². The molecule has 1 N–H and O–H groups in total. The molecule has 1 spiro atoms. The Morgan fingerprint density at radius 3 is 2.61 bits per heavy atom. The second kappa shape index (κ2) is 19.1. The molecule has 4 bridgehead atoms. The second-order valence-corrected chi connectivity index (χ2v) is 19.1. The van der Waals surface area contributed by atoms with Gasteiger partial charge in [0, 0.05) is 100 Å². The number of rotatable bonds is 9. The van der Waals surface area contributed by atoms with Gasteiger partial charge in [-0.25, -0.2) is 29.1 Å². The highest BCUT2D eigenvalue weighted by molar-refractivity contribution is 7.22. The van der Waals surface area contributed by atoms with Gasteiger partial charge in [0.2, 0.25) is 17.9 Å². The topological polar surface area (TPSA) is 139 Å². The minimum Gasteiger partial charge on any atom is -0.487 e. The smallest absolute Gasteiger partial charge is 0.345 e. The number of aromatic nitrogens is 4. The molecule has 5 aliphatic heterocycles. The molecule has 66 heavy (non-hydrogen) atoms. The van der Waals surface area contributed by atoms with E-state index < -0.39 is 12.1 Å². The minimum atomic E-state index is -1.37. The van der Waals surface area contributed by atoms with Crippen molar-refractivity contribution in [1.29, 1.82) is 0 Å². The fourth-order valence-corrected chi connectivity index (χ4v) is 10.8. The van der Waals surface area contributed by atoms with E-state index in [-0.39, 0.29) is 30.3 Å². The predicted molar refractivity (Wildman–Crippen MR) is 251 cm³/mol. The highest BCUT2D eigenvalue weighted by Gasteiger charge is 2.41. The number of hydrogen-bond acceptors (Lipinski definition) is 14. The van der Waals surface area contributed by atoms with Crippen molar-refractivity contribution in [3.8, 4) is 33.2 Å². The first-order valence-corrected chi connectivity index (χ1v) is 23.7. The van der Waals surface area contributed by atoms with Crippen LogP contribution in [0.5, 0.6) is 11.6 Å². The zero-order chi connectivity index (χ0) is 45.4. The normalized spacial score (nSPS) is 20.8. The van der Waals surface area contributed by atoms with Crippen LogP contribution >= 0.6 is 22.9 Å². The molecular formula is C49H52ClFN8O6S.